The van der Waals surface area contributed by atoms with Crippen molar-refractivity contribution in [2.45, 2.75) is 38.0 Å². The van der Waals surface area contributed by atoms with Gasteiger partial charge < -0.3 is 5.32 Å². The number of benzene rings is 2. The molecular weight excluding hydrogens is 384 g/mol. The molecule has 0 bridgehead atoms. The normalized spacial score (nSPS) is 20.1. The van der Waals surface area contributed by atoms with Gasteiger partial charge in [0.15, 0.2) is 0 Å². The molecule has 0 spiro atoms. The van der Waals surface area contributed by atoms with E-state index in [1.165, 1.54) is 4.31 Å². The summed E-state index contributed by atoms with van der Waals surface area (Å²) in [7, 11) is -3.63. The van der Waals surface area contributed by atoms with Gasteiger partial charge in [-0.1, -0.05) is 61.9 Å². The minimum Gasteiger partial charge on any atom is -0.356 e. The minimum absolute atomic E-state index is 0.0676. The van der Waals surface area contributed by atoms with Gasteiger partial charge in [0.1, 0.15) is 0 Å². The van der Waals surface area contributed by atoms with Crippen LogP contribution in [0.5, 0.6) is 0 Å². The van der Waals surface area contributed by atoms with E-state index in [0.29, 0.717) is 19.0 Å². The summed E-state index contributed by atoms with van der Waals surface area (Å²) in [5, 5.41) is 3.02. The molecule has 0 unspecified atom stereocenters. The van der Waals surface area contributed by atoms with E-state index < -0.39 is 15.9 Å². The lowest BCUT2D eigenvalue weighted by Crippen LogP contribution is -2.36. The molecule has 1 heterocycles. The van der Waals surface area contributed by atoms with Crippen molar-refractivity contribution in [1.82, 2.24) is 9.62 Å². The Kier molecular flexibility index (Phi) is 6.75. The highest BCUT2D eigenvalue weighted by Crippen LogP contribution is 2.36. The maximum atomic E-state index is 13.1. The third-order valence-electron chi connectivity index (χ3n) is 5.53. The number of nitrogens with one attached hydrogen (secondary N) is 1. The molecule has 1 amide bonds. The molecule has 156 valence electrons. The summed E-state index contributed by atoms with van der Waals surface area (Å²) < 4.78 is 27.7. The van der Waals surface area contributed by atoms with Gasteiger partial charge in [-0.3, -0.25) is 4.79 Å². The summed E-state index contributed by atoms with van der Waals surface area (Å²) in [6, 6.07) is 16.5. The second-order valence-corrected chi connectivity index (χ2v) is 10.2. The van der Waals surface area contributed by atoms with E-state index in [4.69, 9.17) is 0 Å². The predicted molar refractivity (Wildman–Crippen MR) is 115 cm³/mol. The fourth-order valence-electron chi connectivity index (χ4n) is 3.74. The fraction of sp³-hybridized carbons (Fsp3) is 0.435. The van der Waals surface area contributed by atoms with Crippen LogP contribution in [0.1, 0.15) is 37.3 Å². The number of amides is 1. The van der Waals surface area contributed by atoms with Gasteiger partial charge in [0.25, 0.3) is 0 Å². The smallest absolute Gasteiger partial charge is 0.243 e. The van der Waals surface area contributed by atoms with Crippen molar-refractivity contribution >= 4 is 15.9 Å². The summed E-state index contributed by atoms with van der Waals surface area (Å²) in [5.74, 6) is -0.125. The van der Waals surface area contributed by atoms with Crippen molar-refractivity contribution in [3.63, 3.8) is 0 Å². The maximum Gasteiger partial charge on any atom is 0.243 e. The lowest BCUT2D eigenvalue weighted by atomic mass is 9.88. The van der Waals surface area contributed by atoms with Crippen LogP contribution in [0.15, 0.2) is 59.5 Å². The highest BCUT2D eigenvalue weighted by atomic mass is 32.2. The number of hydrogen-bond acceptors (Lipinski definition) is 3. The van der Waals surface area contributed by atoms with Crippen LogP contribution in [-0.4, -0.2) is 38.3 Å². The Morgan fingerprint density at radius 2 is 1.72 bits per heavy atom. The standard InChI is InChI=1S/C23H30N2O3S/c1-17(2)13-14-24-23(26)22-16-25(29(27,28)20-7-5-4-6-8-20)15-21(22)19-11-9-18(3)10-12-19/h4-12,17,21-22H,13-16H2,1-3H3,(H,24,26)/t21-,22-/m0/s1. The lowest BCUT2D eigenvalue weighted by molar-refractivity contribution is -0.124. The summed E-state index contributed by atoms with van der Waals surface area (Å²) in [6.07, 6.45) is 0.902. The fourth-order valence-corrected chi connectivity index (χ4v) is 5.25. The monoisotopic (exact) mass is 414 g/mol. The number of sulfonamides is 1. The van der Waals surface area contributed by atoms with Crippen LogP contribution in [0.25, 0.3) is 0 Å². The van der Waals surface area contributed by atoms with E-state index in [1.54, 1.807) is 30.3 Å². The van der Waals surface area contributed by atoms with Crippen LogP contribution in [0, 0.1) is 18.8 Å². The molecule has 0 radical (unpaired) electrons. The SMILES string of the molecule is Cc1ccc([C@@H]2CN(S(=O)(=O)c3ccccc3)C[C@@H]2C(=O)NCCC(C)C)cc1. The molecule has 2 aromatic carbocycles. The third kappa shape index (κ3) is 5.06. The van der Waals surface area contributed by atoms with Gasteiger partial charge in [0.2, 0.25) is 15.9 Å². The molecule has 6 heteroatoms. The average molecular weight is 415 g/mol. The molecule has 0 aromatic heterocycles. The van der Waals surface area contributed by atoms with E-state index in [-0.39, 0.29) is 23.3 Å². The second-order valence-electron chi connectivity index (χ2n) is 8.23. The summed E-state index contributed by atoms with van der Waals surface area (Å²) in [4.78, 5) is 13.2. The van der Waals surface area contributed by atoms with Crippen LogP contribution < -0.4 is 5.32 Å². The van der Waals surface area contributed by atoms with Crippen LogP contribution in [0.3, 0.4) is 0 Å². The van der Waals surface area contributed by atoms with Crippen molar-refractivity contribution in [2.24, 2.45) is 11.8 Å². The molecule has 1 saturated heterocycles. The van der Waals surface area contributed by atoms with Crippen LogP contribution in [0.4, 0.5) is 0 Å². The van der Waals surface area contributed by atoms with Crippen molar-refractivity contribution in [1.29, 1.82) is 0 Å². The van der Waals surface area contributed by atoms with Gasteiger partial charge in [-0.15, -0.1) is 0 Å². The first-order valence-corrected chi connectivity index (χ1v) is 11.6. The number of aryl methyl sites for hydroxylation is 1. The van der Waals surface area contributed by atoms with E-state index in [1.807, 2.05) is 31.2 Å². The molecule has 5 nitrogen and oxygen atoms in total. The van der Waals surface area contributed by atoms with E-state index in [9.17, 15) is 13.2 Å². The first kappa shape index (κ1) is 21.5. The maximum absolute atomic E-state index is 13.1. The summed E-state index contributed by atoms with van der Waals surface area (Å²) >= 11 is 0. The molecular formula is C23H30N2O3S. The Morgan fingerprint density at radius 1 is 1.07 bits per heavy atom. The predicted octanol–water partition coefficient (Wildman–Crippen LogP) is 3.56. The van der Waals surface area contributed by atoms with Gasteiger partial charge in [0.05, 0.1) is 10.8 Å². The zero-order chi connectivity index (χ0) is 21.0. The molecule has 29 heavy (non-hydrogen) atoms. The number of rotatable bonds is 7. The zero-order valence-corrected chi connectivity index (χ0v) is 18.2. The number of carbonyl (C=O) groups is 1. The molecule has 1 N–H and O–H groups in total. The van der Waals surface area contributed by atoms with Crippen molar-refractivity contribution < 1.29 is 13.2 Å². The molecule has 2 atom stereocenters. The number of hydrogen-bond donors (Lipinski definition) is 1. The highest BCUT2D eigenvalue weighted by Gasteiger charge is 2.43. The quantitative estimate of drug-likeness (QED) is 0.753. The van der Waals surface area contributed by atoms with E-state index in [2.05, 4.69) is 19.2 Å². The Morgan fingerprint density at radius 3 is 2.34 bits per heavy atom. The van der Waals surface area contributed by atoms with Crippen LogP contribution in [0.2, 0.25) is 0 Å². The van der Waals surface area contributed by atoms with E-state index in [0.717, 1.165) is 17.5 Å². The van der Waals surface area contributed by atoms with E-state index >= 15 is 0 Å². The second kappa shape index (κ2) is 9.09. The molecule has 1 aliphatic heterocycles. The third-order valence-corrected chi connectivity index (χ3v) is 7.38. The molecule has 1 aliphatic rings. The lowest BCUT2D eigenvalue weighted by Gasteiger charge is -2.19. The molecule has 3 rings (SSSR count). The van der Waals surface area contributed by atoms with Gasteiger partial charge in [0, 0.05) is 25.6 Å². The van der Waals surface area contributed by atoms with Crippen LogP contribution in [-0.2, 0) is 14.8 Å². The highest BCUT2D eigenvalue weighted by molar-refractivity contribution is 7.89. The Balaban J connectivity index is 1.85. The van der Waals surface area contributed by atoms with Gasteiger partial charge in [-0.05, 0) is 37.0 Å². The average Bonchev–Trinajstić information content (AvgIpc) is 3.15. The van der Waals surface area contributed by atoms with Crippen molar-refractivity contribution in [2.75, 3.05) is 19.6 Å². The molecule has 2 aromatic rings. The van der Waals surface area contributed by atoms with Crippen molar-refractivity contribution in [3.05, 3.63) is 65.7 Å². The van der Waals surface area contributed by atoms with Crippen LogP contribution >= 0.6 is 0 Å². The van der Waals surface area contributed by atoms with Crippen molar-refractivity contribution in [3.8, 4) is 0 Å². The summed E-state index contributed by atoms with van der Waals surface area (Å²) in [5.41, 5.74) is 2.14. The molecule has 1 fully saturated rings. The first-order chi connectivity index (χ1) is 13.8. The van der Waals surface area contributed by atoms with Gasteiger partial charge in [-0.25, -0.2) is 8.42 Å². The Bertz CT molecular complexity index is 924. The Hall–Kier alpha value is -2.18. The topological polar surface area (TPSA) is 66.5 Å². The zero-order valence-electron chi connectivity index (χ0n) is 17.3. The largest absolute Gasteiger partial charge is 0.356 e. The Labute approximate surface area is 174 Å². The number of nitrogens with zero attached hydrogens (tertiary/aromatic N) is 1. The minimum atomic E-state index is -3.63. The molecule has 0 saturated carbocycles. The number of carbonyl (C=O) groups excluding carboxylic acids is 1. The first-order valence-electron chi connectivity index (χ1n) is 10.2. The van der Waals surface area contributed by atoms with Gasteiger partial charge in [-0.2, -0.15) is 4.31 Å². The molecule has 0 aliphatic carbocycles. The van der Waals surface area contributed by atoms with Gasteiger partial charge >= 0.3 is 0 Å². The summed E-state index contributed by atoms with van der Waals surface area (Å²) in [6.45, 7) is 7.36.